The summed E-state index contributed by atoms with van der Waals surface area (Å²) in [6.07, 6.45) is 1.86. The third kappa shape index (κ3) is 2.08. The molecule has 2 heterocycles. The first kappa shape index (κ1) is 9.94. The van der Waals surface area contributed by atoms with Gasteiger partial charge in [-0.2, -0.15) is 5.26 Å². The van der Waals surface area contributed by atoms with Gasteiger partial charge < -0.3 is 9.64 Å². The summed E-state index contributed by atoms with van der Waals surface area (Å²) in [6, 6.07) is 5.91. The van der Waals surface area contributed by atoms with Crippen LogP contribution < -0.4 is 4.90 Å². The fourth-order valence-corrected chi connectivity index (χ4v) is 1.78. The summed E-state index contributed by atoms with van der Waals surface area (Å²) in [7, 11) is 0. The number of pyridine rings is 1. The van der Waals surface area contributed by atoms with E-state index >= 15 is 0 Å². The van der Waals surface area contributed by atoms with Crippen molar-refractivity contribution in [1.29, 1.82) is 5.26 Å². The van der Waals surface area contributed by atoms with Gasteiger partial charge in [0.25, 0.3) is 0 Å². The zero-order chi connectivity index (χ0) is 10.7. The molecular weight excluding hydrogens is 190 g/mol. The first-order chi connectivity index (χ1) is 7.31. The highest BCUT2D eigenvalue weighted by molar-refractivity contribution is 5.55. The molecule has 0 N–H and O–H groups in total. The van der Waals surface area contributed by atoms with Crippen LogP contribution in [0.4, 0.5) is 5.69 Å². The van der Waals surface area contributed by atoms with Crippen LogP contribution in [0.15, 0.2) is 18.3 Å². The topological polar surface area (TPSA) is 49.2 Å². The average Bonchev–Trinajstić information content (AvgIpc) is 2.29. The van der Waals surface area contributed by atoms with Crippen molar-refractivity contribution in [3.8, 4) is 6.07 Å². The van der Waals surface area contributed by atoms with Crippen molar-refractivity contribution in [2.75, 3.05) is 24.6 Å². The van der Waals surface area contributed by atoms with Crippen molar-refractivity contribution >= 4 is 5.69 Å². The van der Waals surface area contributed by atoms with Gasteiger partial charge in [0, 0.05) is 19.3 Å². The largest absolute Gasteiger partial charge is 0.375 e. The molecule has 1 aromatic rings. The number of morpholine rings is 1. The van der Waals surface area contributed by atoms with Gasteiger partial charge in [-0.05, 0) is 19.1 Å². The number of hydrogen-bond donors (Lipinski definition) is 0. The van der Waals surface area contributed by atoms with Crippen LogP contribution in [0.25, 0.3) is 0 Å². The van der Waals surface area contributed by atoms with Gasteiger partial charge in [-0.25, -0.2) is 4.98 Å². The number of anilines is 1. The Bertz CT molecular complexity index is 386. The number of rotatable bonds is 1. The molecule has 0 aromatic carbocycles. The van der Waals surface area contributed by atoms with Crippen molar-refractivity contribution in [1.82, 2.24) is 4.98 Å². The predicted octanol–water partition coefficient (Wildman–Crippen LogP) is 1.18. The molecule has 4 heteroatoms. The zero-order valence-electron chi connectivity index (χ0n) is 8.68. The molecule has 2 rings (SSSR count). The highest BCUT2D eigenvalue weighted by Crippen LogP contribution is 2.19. The molecule has 0 spiro atoms. The summed E-state index contributed by atoms with van der Waals surface area (Å²) < 4.78 is 5.46. The molecular formula is C11H13N3O. The van der Waals surface area contributed by atoms with Gasteiger partial charge >= 0.3 is 0 Å². The van der Waals surface area contributed by atoms with E-state index in [9.17, 15) is 0 Å². The van der Waals surface area contributed by atoms with Crippen LogP contribution in [-0.4, -0.2) is 30.8 Å². The lowest BCUT2D eigenvalue weighted by Gasteiger charge is -2.32. The van der Waals surface area contributed by atoms with E-state index in [0.717, 1.165) is 18.8 Å². The van der Waals surface area contributed by atoms with Gasteiger partial charge in [0.2, 0.25) is 0 Å². The zero-order valence-corrected chi connectivity index (χ0v) is 8.68. The SMILES string of the molecule is CC1CN(c2cccnc2C#N)CCO1. The summed E-state index contributed by atoms with van der Waals surface area (Å²) in [6.45, 7) is 4.39. The van der Waals surface area contributed by atoms with Crippen LogP contribution in [0, 0.1) is 11.3 Å². The Morgan fingerprint density at radius 3 is 3.27 bits per heavy atom. The van der Waals surface area contributed by atoms with Crippen LogP contribution in [-0.2, 0) is 4.74 Å². The summed E-state index contributed by atoms with van der Waals surface area (Å²) >= 11 is 0. The molecule has 0 saturated carbocycles. The van der Waals surface area contributed by atoms with E-state index in [1.165, 1.54) is 0 Å². The molecule has 0 aliphatic carbocycles. The lowest BCUT2D eigenvalue weighted by atomic mass is 10.2. The van der Waals surface area contributed by atoms with E-state index in [2.05, 4.69) is 16.0 Å². The molecule has 78 valence electrons. The fraction of sp³-hybridized carbons (Fsp3) is 0.455. The standard InChI is InChI=1S/C11H13N3O/c1-9-8-14(5-6-15-9)11-3-2-4-13-10(11)7-12/h2-4,9H,5-6,8H2,1H3. The molecule has 15 heavy (non-hydrogen) atoms. The number of ether oxygens (including phenoxy) is 1. The first-order valence-electron chi connectivity index (χ1n) is 5.03. The van der Waals surface area contributed by atoms with Crippen LogP contribution in [0.3, 0.4) is 0 Å². The third-order valence-corrected chi connectivity index (χ3v) is 2.47. The number of hydrogen-bond acceptors (Lipinski definition) is 4. The van der Waals surface area contributed by atoms with E-state index in [0.29, 0.717) is 12.3 Å². The molecule has 1 aliphatic heterocycles. The lowest BCUT2D eigenvalue weighted by molar-refractivity contribution is 0.0532. The highest BCUT2D eigenvalue weighted by atomic mass is 16.5. The first-order valence-corrected chi connectivity index (χ1v) is 5.03. The maximum absolute atomic E-state index is 8.94. The Morgan fingerprint density at radius 2 is 2.53 bits per heavy atom. The molecule has 0 radical (unpaired) electrons. The van der Waals surface area contributed by atoms with Gasteiger partial charge in [-0.15, -0.1) is 0 Å². The van der Waals surface area contributed by atoms with Crippen LogP contribution >= 0.6 is 0 Å². The summed E-state index contributed by atoms with van der Waals surface area (Å²) in [5.74, 6) is 0. The van der Waals surface area contributed by atoms with Gasteiger partial charge in [0.15, 0.2) is 5.69 Å². The Hall–Kier alpha value is -1.60. The lowest BCUT2D eigenvalue weighted by Crippen LogP contribution is -2.41. The van der Waals surface area contributed by atoms with Gasteiger partial charge in [0.1, 0.15) is 6.07 Å². The second-order valence-electron chi connectivity index (χ2n) is 3.61. The molecule has 1 atom stereocenters. The van der Waals surface area contributed by atoms with Crippen molar-refractivity contribution < 1.29 is 4.74 Å². The van der Waals surface area contributed by atoms with Crippen molar-refractivity contribution in [3.63, 3.8) is 0 Å². The smallest absolute Gasteiger partial charge is 0.163 e. The molecule has 1 saturated heterocycles. The predicted molar refractivity (Wildman–Crippen MR) is 56.6 cm³/mol. The van der Waals surface area contributed by atoms with E-state index in [1.807, 2.05) is 19.1 Å². The maximum atomic E-state index is 8.94. The number of aromatic nitrogens is 1. The van der Waals surface area contributed by atoms with Gasteiger partial charge in [0.05, 0.1) is 18.4 Å². The molecule has 4 nitrogen and oxygen atoms in total. The van der Waals surface area contributed by atoms with E-state index in [4.69, 9.17) is 10.00 Å². The Morgan fingerprint density at radius 1 is 1.67 bits per heavy atom. The summed E-state index contributed by atoms with van der Waals surface area (Å²) in [5.41, 5.74) is 1.40. The Balaban J connectivity index is 2.25. The van der Waals surface area contributed by atoms with Crippen molar-refractivity contribution in [3.05, 3.63) is 24.0 Å². The van der Waals surface area contributed by atoms with E-state index < -0.39 is 0 Å². The maximum Gasteiger partial charge on any atom is 0.163 e. The molecule has 0 bridgehead atoms. The minimum Gasteiger partial charge on any atom is -0.375 e. The fourth-order valence-electron chi connectivity index (χ4n) is 1.78. The third-order valence-electron chi connectivity index (χ3n) is 2.47. The normalized spacial score (nSPS) is 21.1. The molecule has 1 fully saturated rings. The van der Waals surface area contributed by atoms with Crippen LogP contribution in [0.1, 0.15) is 12.6 Å². The molecule has 1 aliphatic rings. The van der Waals surface area contributed by atoms with Gasteiger partial charge in [-0.3, -0.25) is 0 Å². The Kier molecular flexibility index (Phi) is 2.84. The average molecular weight is 203 g/mol. The second kappa shape index (κ2) is 4.28. The summed E-state index contributed by atoms with van der Waals surface area (Å²) in [4.78, 5) is 6.21. The van der Waals surface area contributed by atoms with Crippen LogP contribution in [0.2, 0.25) is 0 Å². The Labute approximate surface area is 89.1 Å². The van der Waals surface area contributed by atoms with E-state index in [1.54, 1.807) is 6.20 Å². The molecule has 1 aromatic heterocycles. The quantitative estimate of drug-likeness (QED) is 0.687. The van der Waals surface area contributed by atoms with Crippen molar-refractivity contribution in [2.24, 2.45) is 0 Å². The second-order valence-corrected chi connectivity index (χ2v) is 3.61. The summed E-state index contributed by atoms with van der Waals surface area (Å²) in [5, 5.41) is 8.94. The molecule has 0 amide bonds. The van der Waals surface area contributed by atoms with Gasteiger partial charge in [-0.1, -0.05) is 0 Å². The van der Waals surface area contributed by atoms with E-state index in [-0.39, 0.29) is 6.10 Å². The minimum atomic E-state index is 0.213. The van der Waals surface area contributed by atoms with Crippen LogP contribution in [0.5, 0.6) is 0 Å². The molecule has 1 unspecified atom stereocenters. The highest BCUT2D eigenvalue weighted by Gasteiger charge is 2.19. The minimum absolute atomic E-state index is 0.213. The van der Waals surface area contributed by atoms with Crippen molar-refractivity contribution in [2.45, 2.75) is 13.0 Å². The number of nitrogens with zero attached hydrogens (tertiary/aromatic N) is 3. The number of nitriles is 1. The monoisotopic (exact) mass is 203 g/mol.